The first-order valence-corrected chi connectivity index (χ1v) is 7.16. The minimum atomic E-state index is 0.567. The molecule has 2 nitrogen and oxygen atoms in total. The predicted octanol–water partition coefficient (Wildman–Crippen LogP) is 3.89. The lowest BCUT2D eigenvalue weighted by Gasteiger charge is -2.06. The van der Waals surface area contributed by atoms with E-state index in [2.05, 4.69) is 37.4 Å². The molecule has 1 aromatic heterocycles. The van der Waals surface area contributed by atoms with Crippen LogP contribution in [0.15, 0.2) is 18.2 Å². The largest absolute Gasteiger partial charge is 0.380 e. The molecular formula is C15H21NOS. The molecule has 0 fully saturated rings. The summed E-state index contributed by atoms with van der Waals surface area (Å²) < 4.78 is 6.72. The summed E-state index contributed by atoms with van der Waals surface area (Å²) in [6.45, 7) is 6.07. The summed E-state index contributed by atoms with van der Waals surface area (Å²) >= 11 is 1.87. The Morgan fingerprint density at radius 2 is 2.11 bits per heavy atom. The average Bonchev–Trinajstić information content (AvgIpc) is 2.68. The molecule has 18 heavy (non-hydrogen) atoms. The summed E-state index contributed by atoms with van der Waals surface area (Å²) in [5, 5.41) is 4.60. The van der Waals surface area contributed by atoms with Crippen molar-refractivity contribution in [2.45, 2.75) is 32.9 Å². The van der Waals surface area contributed by atoms with Gasteiger partial charge in [-0.1, -0.05) is 19.9 Å². The number of hydrogen-bond acceptors (Lipinski definition) is 3. The van der Waals surface area contributed by atoms with Crippen LogP contribution in [0, 0.1) is 0 Å². The third kappa shape index (κ3) is 2.58. The Hall–Kier alpha value is -0.900. The highest BCUT2D eigenvalue weighted by atomic mass is 32.1. The first-order chi connectivity index (χ1) is 8.67. The highest BCUT2D eigenvalue weighted by molar-refractivity contribution is 7.19. The maximum atomic E-state index is 5.36. The minimum Gasteiger partial charge on any atom is -0.380 e. The van der Waals surface area contributed by atoms with Gasteiger partial charge < -0.3 is 10.1 Å². The highest BCUT2D eigenvalue weighted by Crippen LogP contribution is 2.34. The fraction of sp³-hybridized carbons (Fsp3) is 0.467. The van der Waals surface area contributed by atoms with E-state index < -0.39 is 0 Å². The molecule has 98 valence electrons. The third-order valence-corrected chi connectivity index (χ3v) is 4.40. The molecule has 1 heterocycles. The molecule has 0 aliphatic heterocycles. The summed E-state index contributed by atoms with van der Waals surface area (Å²) in [5.41, 5.74) is 2.74. The van der Waals surface area contributed by atoms with Crippen molar-refractivity contribution in [2.24, 2.45) is 0 Å². The molecule has 0 radical (unpaired) electrons. The van der Waals surface area contributed by atoms with Crippen molar-refractivity contribution in [1.82, 2.24) is 5.32 Å². The number of thiophene rings is 1. The zero-order valence-electron chi connectivity index (χ0n) is 11.5. The van der Waals surface area contributed by atoms with Crippen LogP contribution in [0.1, 0.15) is 35.8 Å². The van der Waals surface area contributed by atoms with E-state index in [1.807, 2.05) is 18.4 Å². The molecule has 0 amide bonds. The summed E-state index contributed by atoms with van der Waals surface area (Å²) in [5.74, 6) is 0.567. The maximum Gasteiger partial charge on any atom is 0.0730 e. The summed E-state index contributed by atoms with van der Waals surface area (Å²) in [4.78, 5) is 1.38. The van der Waals surface area contributed by atoms with Gasteiger partial charge in [0.2, 0.25) is 0 Å². The zero-order chi connectivity index (χ0) is 13.1. The molecular weight excluding hydrogens is 242 g/mol. The van der Waals surface area contributed by atoms with Gasteiger partial charge in [-0.05, 0) is 36.0 Å². The van der Waals surface area contributed by atoms with Crippen molar-refractivity contribution in [1.29, 1.82) is 0 Å². The smallest absolute Gasteiger partial charge is 0.0730 e. The number of fused-ring (bicyclic) bond motifs is 1. The van der Waals surface area contributed by atoms with E-state index in [9.17, 15) is 0 Å². The quantitative estimate of drug-likeness (QED) is 0.883. The Bertz CT molecular complexity index is 531. The van der Waals surface area contributed by atoms with Crippen LogP contribution >= 0.6 is 11.3 Å². The molecule has 0 aliphatic carbocycles. The molecule has 2 rings (SSSR count). The van der Waals surface area contributed by atoms with E-state index >= 15 is 0 Å². The normalized spacial score (nSPS) is 11.6. The van der Waals surface area contributed by atoms with Gasteiger partial charge >= 0.3 is 0 Å². The second-order valence-electron chi connectivity index (χ2n) is 4.88. The molecule has 0 aliphatic rings. The number of hydrogen-bond donors (Lipinski definition) is 1. The summed E-state index contributed by atoms with van der Waals surface area (Å²) in [7, 11) is 3.75. The van der Waals surface area contributed by atoms with Gasteiger partial charge in [0, 0.05) is 28.8 Å². The van der Waals surface area contributed by atoms with Crippen LogP contribution in [-0.2, 0) is 17.9 Å². The fourth-order valence-corrected chi connectivity index (χ4v) is 3.38. The van der Waals surface area contributed by atoms with Gasteiger partial charge in [0.25, 0.3) is 0 Å². The average molecular weight is 263 g/mol. The lowest BCUT2D eigenvalue weighted by molar-refractivity contribution is 0.185. The molecule has 1 N–H and O–H groups in total. The first-order valence-electron chi connectivity index (χ1n) is 6.35. The summed E-state index contributed by atoms with van der Waals surface area (Å²) in [6.07, 6.45) is 0. The van der Waals surface area contributed by atoms with Crippen molar-refractivity contribution >= 4 is 21.4 Å². The number of ether oxygens (including phenoxy) is 1. The van der Waals surface area contributed by atoms with Crippen molar-refractivity contribution in [2.75, 3.05) is 14.2 Å². The first kappa shape index (κ1) is 13.5. The van der Waals surface area contributed by atoms with Gasteiger partial charge in [-0.2, -0.15) is 0 Å². The summed E-state index contributed by atoms with van der Waals surface area (Å²) in [6, 6.07) is 6.81. The van der Waals surface area contributed by atoms with Crippen LogP contribution in [0.2, 0.25) is 0 Å². The lowest BCUT2D eigenvalue weighted by atomic mass is 10.0. The molecule has 0 saturated heterocycles. The number of methoxy groups -OCH3 is 1. The Balaban J connectivity index is 2.55. The van der Waals surface area contributed by atoms with Crippen LogP contribution < -0.4 is 5.32 Å². The van der Waals surface area contributed by atoms with Gasteiger partial charge in [-0.25, -0.2) is 0 Å². The van der Waals surface area contributed by atoms with Crippen LogP contribution in [-0.4, -0.2) is 14.2 Å². The molecule has 0 saturated carbocycles. The molecule has 2 aromatic rings. The highest BCUT2D eigenvalue weighted by Gasteiger charge is 2.12. The lowest BCUT2D eigenvalue weighted by Crippen LogP contribution is -2.05. The van der Waals surface area contributed by atoms with Gasteiger partial charge in [0.15, 0.2) is 0 Å². The van der Waals surface area contributed by atoms with Gasteiger partial charge in [0.1, 0.15) is 0 Å². The van der Waals surface area contributed by atoms with Gasteiger partial charge in [-0.3, -0.25) is 0 Å². The van der Waals surface area contributed by atoms with E-state index in [1.54, 1.807) is 7.11 Å². The topological polar surface area (TPSA) is 21.3 Å². The molecule has 0 atom stereocenters. The maximum absolute atomic E-state index is 5.36. The van der Waals surface area contributed by atoms with Crippen LogP contribution in [0.25, 0.3) is 10.1 Å². The van der Waals surface area contributed by atoms with Crippen molar-refractivity contribution < 1.29 is 4.74 Å². The zero-order valence-corrected chi connectivity index (χ0v) is 12.4. The van der Waals surface area contributed by atoms with E-state index in [-0.39, 0.29) is 0 Å². The number of benzene rings is 1. The Kier molecular flexibility index (Phi) is 4.38. The van der Waals surface area contributed by atoms with E-state index in [0.29, 0.717) is 12.5 Å². The number of nitrogens with one attached hydrogen (secondary N) is 1. The third-order valence-electron chi connectivity index (χ3n) is 3.19. The fourth-order valence-electron chi connectivity index (χ4n) is 2.18. The van der Waals surface area contributed by atoms with Crippen molar-refractivity contribution in [3.05, 3.63) is 34.2 Å². The van der Waals surface area contributed by atoms with Crippen molar-refractivity contribution in [3.8, 4) is 0 Å². The second-order valence-corrected chi connectivity index (χ2v) is 6.01. The Morgan fingerprint density at radius 1 is 1.33 bits per heavy atom. The molecule has 0 unspecified atom stereocenters. The Labute approximate surface area is 113 Å². The number of rotatable bonds is 5. The molecule has 1 aromatic carbocycles. The molecule has 3 heteroatoms. The van der Waals surface area contributed by atoms with Crippen molar-refractivity contribution in [3.63, 3.8) is 0 Å². The van der Waals surface area contributed by atoms with E-state index in [1.165, 1.54) is 26.1 Å². The molecule has 0 spiro atoms. The molecule has 0 bridgehead atoms. The minimum absolute atomic E-state index is 0.567. The monoisotopic (exact) mass is 263 g/mol. The Morgan fingerprint density at radius 3 is 2.72 bits per heavy atom. The van der Waals surface area contributed by atoms with Gasteiger partial charge in [-0.15, -0.1) is 11.3 Å². The van der Waals surface area contributed by atoms with E-state index in [4.69, 9.17) is 4.74 Å². The standard InChI is InChI=1S/C15H21NOS/c1-10(2)11-5-6-14-12(7-11)13(9-17-4)15(18-14)8-16-3/h5-7,10,16H,8-9H2,1-4H3. The van der Waals surface area contributed by atoms with Gasteiger partial charge in [0.05, 0.1) is 6.61 Å². The van der Waals surface area contributed by atoms with Crippen LogP contribution in [0.3, 0.4) is 0 Å². The van der Waals surface area contributed by atoms with Crippen LogP contribution in [0.4, 0.5) is 0 Å². The SMILES string of the molecule is CNCc1sc2ccc(C(C)C)cc2c1COC. The van der Waals surface area contributed by atoms with E-state index in [0.717, 1.165) is 6.54 Å². The van der Waals surface area contributed by atoms with Crippen LogP contribution in [0.5, 0.6) is 0 Å². The predicted molar refractivity (Wildman–Crippen MR) is 79.4 cm³/mol. The second kappa shape index (κ2) is 5.83.